The number of anilines is 1. The number of amides is 2. The van der Waals surface area contributed by atoms with Gasteiger partial charge >= 0.3 is 0 Å². The quantitative estimate of drug-likeness (QED) is 0.618. The van der Waals surface area contributed by atoms with E-state index in [1.54, 1.807) is 4.90 Å². The van der Waals surface area contributed by atoms with Gasteiger partial charge in [-0.1, -0.05) is 13.3 Å². The molecule has 2 aliphatic rings. The third kappa shape index (κ3) is 5.95. The Morgan fingerprint density at radius 2 is 2.10 bits per heavy atom. The maximum atomic E-state index is 12.7. The number of ether oxygens (including phenoxy) is 1. The van der Waals surface area contributed by atoms with Crippen LogP contribution in [0.5, 0.6) is 5.75 Å². The molecular formula is C21H30N2O5S. The van der Waals surface area contributed by atoms with Gasteiger partial charge in [0.2, 0.25) is 11.8 Å². The normalized spacial score (nSPS) is 20.0. The lowest BCUT2D eigenvalue weighted by molar-refractivity contribution is -0.133. The third-order valence-electron chi connectivity index (χ3n) is 5.50. The molecule has 3 rings (SSSR count). The van der Waals surface area contributed by atoms with Crippen molar-refractivity contribution in [2.24, 2.45) is 0 Å². The van der Waals surface area contributed by atoms with Gasteiger partial charge < -0.3 is 15.0 Å². The van der Waals surface area contributed by atoms with E-state index in [0.717, 1.165) is 29.8 Å². The summed E-state index contributed by atoms with van der Waals surface area (Å²) in [6.45, 7) is 3.10. The fourth-order valence-electron chi connectivity index (χ4n) is 3.87. The summed E-state index contributed by atoms with van der Waals surface area (Å²) in [4.78, 5) is 25.9. The molecule has 0 bridgehead atoms. The molecule has 2 aliphatic heterocycles. The van der Waals surface area contributed by atoms with Crippen molar-refractivity contribution in [1.29, 1.82) is 0 Å². The number of benzene rings is 1. The molecule has 7 nitrogen and oxygen atoms in total. The van der Waals surface area contributed by atoms with E-state index in [9.17, 15) is 18.0 Å². The van der Waals surface area contributed by atoms with Crippen molar-refractivity contribution in [1.82, 2.24) is 4.90 Å². The molecule has 1 N–H and O–H groups in total. The first-order chi connectivity index (χ1) is 13.9. The van der Waals surface area contributed by atoms with Crippen molar-refractivity contribution in [3.05, 3.63) is 23.8 Å². The van der Waals surface area contributed by atoms with Gasteiger partial charge in [0.25, 0.3) is 0 Å². The number of carbonyl (C=O) groups is 2. The topological polar surface area (TPSA) is 92.8 Å². The summed E-state index contributed by atoms with van der Waals surface area (Å²) in [5.41, 5.74) is 1.90. The molecule has 2 amide bonds. The van der Waals surface area contributed by atoms with E-state index >= 15 is 0 Å². The van der Waals surface area contributed by atoms with Gasteiger partial charge in [0, 0.05) is 31.1 Å². The first kappa shape index (κ1) is 21.6. The van der Waals surface area contributed by atoms with Crippen molar-refractivity contribution in [3.8, 4) is 5.75 Å². The van der Waals surface area contributed by atoms with Gasteiger partial charge in [-0.3, -0.25) is 9.59 Å². The van der Waals surface area contributed by atoms with Crippen LogP contribution in [0.1, 0.15) is 51.0 Å². The van der Waals surface area contributed by atoms with Crippen LogP contribution >= 0.6 is 0 Å². The van der Waals surface area contributed by atoms with Gasteiger partial charge in [0.05, 0.1) is 18.1 Å². The number of carbonyl (C=O) groups excluding carboxylic acids is 2. The maximum absolute atomic E-state index is 12.7. The predicted octanol–water partition coefficient (Wildman–Crippen LogP) is 2.55. The zero-order valence-corrected chi connectivity index (χ0v) is 17.8. The van der Waals surface area contributed by atoms with Crippen LogP contribution in [0.25, 0.3) is 0 Å². The van der Waals surface area contributed by atoms with E-state index in [4.69, 9.17) is 4.74 Å². The number of nitrogens with one attached hydrogen (secondary N) is 1. The number of hydrogen-bond acceptors (Lipinski definition) is 5. The summed E-state index contributed by atoms with van der Waals surface area (Å²) in [5.74, 6) is 1.04. The lowest BCUT2D eigenvalue weighted by atomic mass is 10.0. The minimum atomic E-state index is -3.02. The van der Waals surface area contributed by atoms with Crippen molar-refractivity contribution >= 4 is 27.3 Å². The molecule has 160 valence electrons. The molecule has 2 heterocycles. The number of hydrogen-bond donors (Lipinski definition) is 1. The standard InChI is InChI=1S/C21H30N2O5S/c1-2-3-11-23(17-10-13-29(26,27)15-17)21(25)5-4-12-28-18-7-8-19-16(14-18)6-9-20(24)22-19/h7-8,14,17H,2-6,9-13,15H2,1H3,(H,22,24). The SMILES string of the molecule is CCCCN(C(=O)CCCOc1ccc2c(c1)CCC(=O)N2)C1CCS(=O)(=O)C1. The Bertz CT molecular complexity index is 853. The van der Waals surface area contributed by atoms with Crippen LogP contribution in [0.4, 0.5) is 5.69 Å². The molecule has 1 fully saturated rings. The Morgan fingerprint density at radius 3 is 2.83 bits per heavy atom. The highest BCUT2D eigenvalue weighted by Crippen LogP contribution is 2.27. The van der Waals surface area contributed by atoms with Crippen molar-refractivity contribution < 1.29 is 22.7 Å². The van der Waals surface area contributed by atoms with E-state index < -0.39 is 9.84 Å². The van der Waals surface area contributed by atoms with E-state index in [-0.39, 0.29) is 29.4 Å². The fraction of sp³-hybridized carbons (Fsp3) is 0.619. The monoisotopic (exact) mass is 422 g/mol. The maximum Gasteiger partial charge on any atom is 0.224 e. The Balaban J connectivity index is 1.48. The predicted molar refractivity (Wildman–Crippen MR) is 112 cm³/mol. The summed E-state index contributed by atoms with van der Waals surface area (Å²) in [7, 11) is -3.02. The molecule has 29 heavy (non-hydrogen) atoms. The van der Waals surface area contributed by atoms with Crippen LogP contribution in [0.2, 0.25) is 0 Å². The Kier molecular flexibility index (Phi) is 7.16. The van der Waals surface area contributed by atoms with E-state index in [1.165, 1.54) is 0 Å². The molecule has 0 spiro atoms. The molecule has 8 heteroatoms. The highest BCUT2D eigenvalue weighted by atomic mass is 32.2. The Hall–Kier alpha value is -2.09. The van der Waals surface area contributed by atoms with Crippen LogP contribution in [-0.4, -0.2) is 55.8 Å². The molecule has 1 saturated heterocycles. The second kappa shape index (κ2) is 9.61. The minimum absolute atomic E-state index is 0.0114. The molecule has 1 aromatic rings. The summed E-state index contributed by atoms with van der Waals surface area (Å²) in [6, 6.07) is 5.42. The van der Waals surface area contributed by atoms with Crippen molar-refractivity contribution in [2.75, 3.05) is 30.0 Å². The smallest absolute Gasteiger partial charge is 0.224 e. The molecule has 0 aromatic heterocycles. The summed E-state index contributed by atoms with van der Waals surface area (Å²) in [5, 5.41) is 2.84. The molecular weight excluding hydrogens is 392 g/mol. The number of unbranched alkanes of at least 4 members (excludes halogenated alkanes) is 1. The number of nitrogens with zero attached hydrogens (tertiary/aromatic N) is 1. The third-order valence-corrected chi connectivity index (χ3v) is 7.25. The number of rotatable bonds is 9. The first-order valence-corrected chi connectivity index (χ1v) is 12.3. The molecule has 1 unspecified atom stereocenters. The van der Waals surface area contributed by atoms with Crippen molar-refractivity contribution in [2.45, 2.75) is 57.9 Å². The number of aryl methyl sites for hydroxylation is 1. The van der Waals surface area contributed by atoms with E-state index in [0.29, 0.717) is 45.3 Å². The van der Waals surface area contributed by atoms with Crippen molar-refractivity contribution in [3.63, 3.8) is 0 Å². The van der Waals surface area contributed by atoms with Crippen LogP contribution in [0.15, 0.2) is 18.2 Å². The van der Waals surface area contributed by atoms with Gasteiger partial charge in [-0.15, -0.1) is 0 Å². The highest BCUT2D eigenvalue weighted by Gasteiger charge is 2.34. The molecule has 1 atom stereocenters. The summed E-state index contributed by atoms with van der Waals surface area (Å²) in [6.07, 6.45) is 4.49. The highest BCUT2D eigenvalue weighted by molar-refractivity contribution is 7.91. The molecule has 0 aliphatic carbocycles. The average molecular weight is 423 g/mol. The van der Waals surface area contributed by atoms with Crippen LogP contribution < -0.4 is 10.1 Å². The summed E-state index contributed by atoms with van der Waals surface area (Å²) < 4.78 is 29.4. The van der Waals surface area contributed by atoms with Gasteiger partial charge in [0.15, 0.2) is 9.84 Å². The van der Waals surface area contributed by atoms with E-state index in [1.807, 2.05) is 18.2 Å². The van der Waals surface area contributed by atoms with Crippen LogP contribution in [0, 0.1) is 0 Å². The Morgan fingerprint density at radius 1 is 1.28 bits per heavy atom. The van der Waals surface area contributed by atoms with Gasteiger partial charge in [0.1, 0.15) is 5.75 Å². The van der Waals surface area contributed by atoms with Crippen LogP contribution in [0.3, 0.4) is 0 Å². The Labute approximate surface area is 172 Å². The fourth-order valence-corrected chi connectivity index (χ4v) is 5.60. The largest absolute Gasteiger partial charge is 0.494 e. The number of sulfone groups is 1. The molecule has 0 saturated carbocycles. The zero-order chi connectivity index (χ0) is 20.9. The van der Waals surface area contributed by atoms with Gasteiger partial charge in [-0.2, -0.15) is 0 Å². The average Bonchev–Trinajstić information content (AvgIpc) is 3.05. The molecule has 1 aromatic carbocycles. The molecule has 0 radical (unpaired) electrons. The van der Waals surface area contributed by atoms with Crippen LogP contribution in [-0.2, 0) is 25.8 Å². The van der Waals surface area contributed by atoms with Gasteiger partial charge in [-0.25, -0.2) is 8.42 Å². The first-order valence-electron chi connectivity index (χ1n) is 10.4. The zero-order valence-electron chi connectivity index (χ0n) is 17.0. The summed E-state index contributed by atoms with van der Waals surface area (Å²) >= 11 is 0. The minimum Gasteiger partial charge on any atom is -0.494 e. The van der Waals surface area contributed by atoms with E-state index in [2.05, 4.69) is 12.2 Å². The second-order valence-electron chi connectivity index (χ2n) is 7.82. The second-order valence-corrected chi connectivity index (χ2v) is 10.0. The lowest BCUT2D eigenvalue weighted by Crippen LogP contribution is -2.41. The van der Waals surface area contributed by atoms with Gasteiger partial charge in [-0.05, 0) is 49.4 Å². The number of fused-ring (bicyclic) bond motifs is 1. The lowest BCUT2D eigenvalue weighted by Gasteiger charge is -2.28.